The topological polar surface area (TPSA) is 97.9 Å². The van der Waals surface area contributed by atoms with Crippen LogP contribution in [-0.4, -0.2) is 15.9 Å². The molecule has 0 aliphatic carbocycles. The first kappa shape index (κ1) is 13.8. The van der Waals surface area contributed by atoms with E-state index in [0.717, 1.165) is 5.56 Å². The van der Waals surface area contributed by atoms with Crippen molar-refractivity contribution in [1.82, 2.24) is 15.3 Å². The number of nitrogens with one attached hydrogen (secondary N) is 2. The first-order valence-electron chi connectivity index (χ1n) is 6.66. The Hall–Kier alpha value is -3.15. The van der Waals surface area contributed by atoms with Gasteiger partial charge in [0.2, 0.25) is 0 Å². The Kier molecular flexibility index (Phi) is 3.57. The number of aromatic amines is 1. The molecule has 2 heterocycles. The number of nitrogens with zero attached hydrogens (tertiary/aromatic N) is 1. The summed E-state index contributed by atoms with van der Waals surface area (Å²) < 4.78 is 0. The van der Waals surface area contributed by atoms with E-state index >= 15 is 0 Å². The predicted octanol–water partition coefficient (Wildman–Crippen LogP) is 0.927. The summed E-state index contributed by atoms with van der Waals surface area (Å²) in [5.74, 6) is -1.25. The quantitative estimate of drug-likeness (QED) is 0.750. The fraction of sp³-hybridized carbons (Fsp3) is 0.0625. The Morgan fingerprint density at radius 1 is 1.18 bits per heavy atom. The van der Waals surface area contributed by atoms with Crippen molar-refractivity contribution in [3.8, 4) is 5.75 Å². The zero-order chi connectivity index (χ0) is 15.5. The second-order valence-corrected chi connectivity index (χ2v) is 4.74. The lowest BCUT2D eigenvalue weighted by molar-refractivity contribution is -0.266. The number of benzene rings is 1. The molecular weight excluding hydrogens is 282 g/mol. The summed E-state index contributed by atoms with van der Waals surface area (Å²) >= 11 is 0. The molecule has 3 rings (SSSR count). The zero-order valence-electron chi connectivity index (χ0n) is 11.5. The van der Waals surface area contributed by atoms with Crippen LogP contribution in [-0.2, 0) is 6.54 Å². The van der Waals surface area contributed by atoms with Crippen LogP contribution in [0.1, 0.15) is 15.9 Å². The second-order valence-electron chi connectivity index (χ2n) is 4.74. The lowest BCUT2D eigenvalue weighted by Gasteiger charge is -2.15. The van der Waals surface area contributed by atoms with E-state index in [-0.39, 0.29) is 6.54 Å². The molecule has 0 aliphatic rings. The van der Waals surface area contributed by atoms with Gasteiger partial charge in [-0.05, 0) is 29.1 Å². The van der Waals surface area contributed by atoms with Gasteiger partial charge in [-0.3, -0.25) is 14.6 Å². The minimum atomic E-state index is -0.686. The smallest absolute Gasteiger partial charge is 0.260 e. The molecule has 2 aromatic heterocycles. The molecule has 6 nitrogen and oxygen atoms in total. The van der Waals surface area contributed by atoms with E-state index in [1.54, 1.807) is 48.8 Å². The van der Waals surface area contributed by atoms with Gasteiger partial charge in [0.25, 0.3) is 11.5 Å². The minimum absolute atomic E-state index is 0.215. The molecule has 0 atom stereocenters. The van der Waals surface area contributed by atoms with Crippen LogP contribution < -0.4 is 16.0 Å². The normalized spacial score (nSPS) is 10.5. The summed E-state index contributed by atoms with van der Waals surface area (Å²) in [6.45, 7) is 0.215. The summed E-state index contributed by atoms with van der Waals surface area (Å²) in [6.07, 6.45) is 3.20. The summed E-state index contributed by atoms with van der Waals surface area (Å²) in [7, 11) is 0. The fourth-order valence-corrected chi connectivity index (χ4v) is 2.19. The van der Waals surface area contributed by atoms with Gasteiger partial charge in [-0.1, -0.05) is 23.9 Å². The van der Waals surface area contributed by atoms with Crippen molar-refractivity contribution in [2.75, 3.05) is 0 Å². The van der Waals surface area contributed by atoms with Crippen molar-refractivity contribution in [3.63, 3.8) is 0 Å². The Balaban J connectivity index is 1.92. The number of hydrogen-bond acceptors (Lipinski definition) is 4. The predicted molar refractivity (Wildman–Crippen MR) is 79.4 cm³/mol. The van der Waals surface area contributed by atoms with Gasteiger partial charge in [-0.2, -0.15) is 0 Å². The highest BCUT2D eigenvalue weighted by Gasteiger charge is 2.13. The van der Waals surface area contributed by atoms with Crippen LogP contribution in [0.4, 0.5) is 0 Å². The van der Waals surface area contributed by atoms with Gasteiger partial charge in [0.05, 0.1) is 5.56 Å². The molecule has 0 unspecified atom stereocenters. The number of para-hydroxylation sites is 1. The van der Waals surface area contributed by atoms with Gasteiger partial charge in [-0.15, -0.1) is 0 Å². The van der Waals surface area contributed by atoms with Gasteiger partial charge in [0, 0.05) is 24.5 Å². The summed E-state index contributed by atoms with van der Waals surface area (Å²) in [5.41, 5.74) is 0.167. The van der Waals surface area contributed by atoms with Gasteiger partial charge in [-0.25, -0.2) is 0 Å². The molecule has 0 radical (unpaired) electrons. The molecule has 1 aromatic carbocycles. The van der Waals surface area contributed by atoms with Crippen LogP contribution in [0.2, 0.25) is 0 Å². The number of pyridine rings is 2. The maximum absolute atomic E-state index is 12.3. The molecule has 0 fully saturated rings. The molecular formula is C16H12N3O3-. The average molecular weight is 294 g/mol. The number of fused-ring (bicyclic) bond motifs is 1. The lowest BCUT2D eigenvalue weighted by atomic mass is 10.1. The number of hydrogen-bond donors (Lipinski definition) is 2. The molecule has 0 spiro atoms. The van der Waals surface area contributed by atoms with Crippen molar-refractivity contribution in [1.29, 1.82) is 0 Å². The number of carbonyl (C=O) groups excluding carboxylic acids is 1. The second kappa shape index (κ2) is 5.69. The van der Waals surface area contributed by atoms with Gasteiger partial charge >= 0.3 is 0 Å². The number of amides is 1. The molecule has 3 aromatic rings. The van der Waals surface area contributed by atoms with Gasteiger partial charge < -0.3 is 15.4 Å². The third-order valence-corrected chi connectivity index (χ3v) is 3.30. The molecule has 2 N–H and O–H groups in total. The van der Waals surface area contributed by atoms with Crippen molar-refractivity contribution in [2.24, 2.45) is 0 Å². The average Bonchev–Trinajstić information content (AvgIpc) is 2.54. The minimum Gasteiger partial charge on any atom is -0.871 e. The van der Waals surface area contributed by atoms with E-state index in [2.05, 4.69) is 15.3 Å². The van der Waals surface area contributed by atoms with Gasteiger partial charge in [0.1, 0.15) is 0 Å². The maximum Gasteiger partial charge on any atom is 0.260 e. The number of rotatable bonds is 3. The van der Waals surface area contributed by atoms with E-state index in [1.165, 1.54) is 0 Å². The van der Waals surface area contributed by atoms with E-state index < -0.39 is 22.8 Å². The lowest BCUT2D eigenvalue weighted by Crippen LogP contribution is -2.30. The van der Waals surface area contributed by atoms with Crippen molar-refractivity contribution in [2.45, 2.75) is 6.54 Å². The van der Waals surface area contributed by atoms with Crippen LogP contribution in [0, 0.1) is 0 Å². The molecule has 0 saturated heterocycles. The highest BCUT2D eigenvalue weighted by Crippen LogP contribution is 2.21. The zero-order valence-corrected chi connectivity index (χ0v) is 11.5. The van der Waals surface area contributed by atoms with Crippen LogP contribution >= 0.6 is 0 Å². The standard InChI is InChI=1S/C16H13N3O3/c20-14-11-3-1-2-4-12(11)19-16(22)13(14)15(21)18-9-10-5-7-17-8-6-10/h1-8H,9H2,(H,18,21)(H2,19,20,22)/p-1. The van der Waals surface area contributed by atoms with Crippen molar-refractivity contribution >= 4 is 16.8 Å². The van der Waals surface area contributed by atoms with E-state index in [1.807, 2.05) is 0 Å². The summed E-state index contributed by atoms with van der Waals surface area (Å²) in [4.78, 5) is 30.6. The van der Waals surface area contributed by atoms with Crippen molar-refractivity contribution < 1.29 is 9.90 Å². The van der Waals surface area contributed by atoms with Crippen LogP contribution in [0.5, 0.6) is 5.75 Å². The van der Waals surface area contributed by atoms with E-state index in [4.69, 9.17) is 0 Å². The monoisotopic (exact) mass is 294 g/mol. The fourth-order valence-electron chi connectivity index (χ4n) is 2.19. The molecule has 1 amide bonds. The first-order valence-corrected chi connectivity index (χ1v) is 6.66. The molecule has 22 heavy (non-hydrogen) atoms. The molecule has 0 bridgehead atoms. The van der Waals surface area contributed by atoms with E-state index in [0.29, 0.717) is 10.9 Å². The Morgan fingerprint density at radius 2 is 1.91 bits per heavy atom. The van der Waals surface area contributed by atoms with Crippen molar-refractivity contribution in [3.05, 3.63) is 70.3 Å². The first-order chi connectivity index (χ1) is 10.7. The van der Waals surface area contributed by atoms with Crippen LogP contribution in [0.3, 0.4) is 0 Å². The largest absolute Gasteiger partial charge is 0.871 e. The molecule has 0 saturated carbocycles. The number of aromatic nitrogens is 2. The maximum atomic E-state index is 12.3. The van der Waals surface area contributed by atoms with E-state index in [9.17, 15) is 14.7 Å². The third kappa shape index (κ3) is 2.54. The Morgan fingerprint density at radius 3 is 2.68 bits per heavy atom. The molecule has 110 valence electrons. The van der Waals surface area contributed by atoms with Crippen LogP contribution in [0.25, 0.3) is 10.9 Å². The van der Waals surface area contributed by atoms with Crippen LogP contribution in [0.15, 0.2) is 53.6 Å². The summed E-state index contributed by atoms with van der Waals surface area (Å²) in [5, 5.41) is 15.2. The Bertz CT molecular complexity index is 888. The molecule has 6 heteroatoms. The third-order valence-electron chi connectivity index (χ3n) is 3.30. The highest BCUT2D eigenvalue weighted by molar-refractivity contribution is 6.01. The number of H-pyrrole nitrogens is 1. The number of carbonyl (C=O) groups is 1. The van der Waals surface area contributed by atoms with Gasteiger partial charge in [0.15, 0.2) is 0 Å². The SMILES string of the molecule is O=C(NCc1ccncc1)c1c([O-])c2ccccc2[nH]c1=O. The Labute approximate surface area is 125 Å². The highest BCUT2D eigenvalue weighted by atomic mass is 16.3. The summed E-state index contributed by atoms with van der Waals surface area (Å²) in [6, 6.07) is 10.1. The molecule has 0 aliphatic heterocycles.